The summed E-state index contributed by atoms with van der Waals surface area (Å²) in [6.45, 7) is 0. The molecule has 0 aromatic heterocycles. The van der Waals surface area contributed by atoms with Gasteiger partial charge in [-0.3, -0.25) is 0 Å². The summed E-state index contributed by atoms with van der Waals surface area (Å²) in [5.41, 5.74) is 0. The Morgan fingerprint density at radius 1 is 0.250 bits per heavy atom. The first-order valence-corrected chi connectivity index (χ1v) is 0. The average molecular weight is 628 g/mol. The molecular weight excluding hydrogens is 628 g/mol. The van der Waals surface area contributed by atoms with E-state index in [1.807, 2.05) is 0 Å². The van der Waals surface area contributed by atoms with E-state index in [-0.39, 0.29) is 169 Å². The molecule has 0 rings (SSSR count). The summed E-state index contributed by atoms with van der Waals surface area (Å²) in [5, 5.41) is 0. The van der Waals surface area contributed by atoms with Gasteiger partial charge in [0.25, 0.3) is 0 Å². The monoisotopic (exact) mass is 624 g/mol. The molecule has 12 heavy (non-hydrogen) atoms. The van der Waals surface area contributed by atoms with Crippen molar-refractivity contribution in [2.45, 2.75) is 0 Å². The Kier molecular flexibility index (Phi) is 2790. The molecule has 12 heteroatoms. The standard InChI is InChI=1S/10ClH.Nb.Ta/h10*1H;;/q;;;;;;;;;;2*+5/p-10. The second-order valence-corrected chi connectivity index (χ2v) is 0. The minimum absolute atomic E-state index is 0. The molecule has 0 aliphatic heterocycles. The van der Waals surface area contributed by atoms with Crippen LogP contribution in [0.1, 0.15) is 0 Å². The first-order valence-electron chi connectivity index (χ1n) is 0. The smallest absolute Gasteiger partial charge is 1.00 e. The number of hydrogen-bond donors (Lipinski definition) is 0. The number of rotatable bonds is 0. The summed E-state index contributed by atoms with van der Waals surface area (Å²) in [6.07, 6.45) is 0. The molecule has 0 aromatic rings. The molecule has 0 aliphatic rings. The van der Waals surface area contributed by atoms with Crippen molar-refractivity contribution in [1.29, 1.82) is 0 Å². The SMILES string of the molecule is [Cl-].[Cl-].[Cl-].[Cl-].[Cl-].[Cl-].[Cl-].[Cl-].[Cl-].[Cl-].[Nb+5].[Ta+5]. The number of halogens is 10. The Bertz CT molecular complexity index is 9.80. The number of hydrogen-bond acceptors (Lipinski definition) is 0. The maximum absolute atomic E-state index is 0. The molecule has 0 aromatic carbocycles. The van der Waals surface area contributed by atoms with Gasteiger partial charge in [0.1, 0.15) is 0 Å². The van der Waals surface area contributed by atoms with Crippen LogP contribution in [0.5, 0.6) is 0 Å². The normalized spacial score (nSPS) is 0. The topological polar surface area (TPSA) is 0 Å². The Labute approximate surface area is 166 Å². The predicted octanol–water partition coefficient (Wildman–Crippen LogP) is -30.0. The van der Waals surface area contributed by atoms with Crippen molar-refractivity contribution in [3.05, 3.63) is 0 Å². The van der Waals surface area contributed by atoms with Crippen LogP contribution >= 0.6 is 0 Å². The van der Waals surface area contributed by atoms with Gasteiger partial charge >= 0.3 is 44.8 Å². The first kappa shape index (κ1) is 202. The zero-order chi connectivity index (χ0) is 0. The van der Waals surface area contributed by atoms with E-state index in [4.69, 9.17) is 0 Å². The van der Waals surface area contributed by atoms with Crippen LogP contribution in [0.4, 0.5) is 0 Å². The maximum Gasteiger partial charge on any atom is 5.00 e. The molecule has 0 nitrogen and oxygen atoms in total. The zero-order valence-corrected chi connectivity index (χ0v) is 17.6. The van der Waals surface area contributed by atoms with E-state index in [9.17, 15) is 0 Å². The Morgan fingerprint density at radius 2 is 0.250 bits per heavy atom. The molecule has 0 amide bonds. The fraction of sp³-hybridized carbons (Fsp3) is 0. The zero-order valence-electron chi connectivity index (χ0n) is 4.67. The minimum Gasteiger partial charge on any atom is -1.00 e. The van der Waals surface area contributed by atoms with Crippen molar-refractivity contribution in [2.24, 2.45) is 0 Å². The van der Waals surface area contributed by atoms with Crippen molar-refractivity contribution in [1.82, 2.24) is 0 Å². The Morgan fingerprint density at radius 3 is 0.250 bits per heavy atom. The fourth-order valence-electron chi connectivity index (χ4n) is 0. The first-order chi connectivity index (χ1) is 0. The van der Waals surface area contributed by atoms with Crippen molar-refractivity contribution < 1.29 is 169 Å². The van der Waals surface area contributed by atoms with E-state index in [0.717, 1.165) is 0 Å². The van der Waals surface area contributed by atoms with Gasteiger partial charge < -0.3 is 124 Å². The van der Waals surface area contributed by atoms with Gasteiger partial charge in [-0.25, -0.2) is 0 Å². The molecule has 0 radical (unpaired) electrons. The fourth-order valence-corrected chi connectivity index (χ4v) is 0. The summed E-state index contributed by atoms with van der Waals surface area (Å²) in [6, 6.07) is 0. The van der Waals surface area contributed by atoms with Crippen LogP contribution < -0.4 is 124 Å². The van der Waals surface area contributed by atoms with Gasteiger partial charge in [-0.2, -0.15) is 0 Å². The van der Waals surface area contributed by atoms with E-state index in [2.05, 4.69) is 0 Å². The summed E-state index contributed by atoms with van der Waals surface area (Å²) >= 11 is 0. The van der Waals surface area contributed by atoms with E-state index in [1.54, 1.807) is 0 Å². The predicted molar refractivity (Wildman–Crippen MR) is 0 cm³/mol. The second-order valence-electron chi connectivity index (χ2n) is 0. The van der Waals surface area contributed by atoms with Crippen LogP contribution in [0.2, 0.25) is 0 Å². The second kappa shape index (κ2) is 166. The van der Waals surface area contributed by atoms with Gasteiger partial charge in [0.05, 0.1) is 0 Å². The Balaban J connectivity index is 0. The molecule has 0 bridgehead atoms. The molecule has 0 saturated heterocycles. The summed E-state index contributed by atoms with van der Waals surface area (Å²) < 4.78 is 0. The van der Waals surface area contributed by atoms with E-state index >= 15 is 0 Å². The molecule has 0 fully saturated rings. The van der Waals surface area contributed by atoms with Gasteiger partial charge in [-0.05, 0) is 0 Å². The van der Waals surface area contributed by atoms with Crippen molar-refractivity contribution in [3.8, 4) is 0 Å². The molecule has 0 unspecified atom stereocenters. The van der Waals surface area contributed by atoms with Crippen LogP contribution in [0, 0.1) is 0 Å². The molecule has 0 aliphatic carbocycles. The van der Waals surface area contributed by atoms with E-state index in [0.29, 0.717) is 0 Å². The molecular formula is Cl10NbTa. The van der Waals surface area contributed by atoms with Gasteiger partial charge in [0, 0.05) is 0 Å². The summed E-state index contributed by atoms with van der Waals surface area (Å²) in [7, 11) is 0. The van der Waals surface area contributed by atoms with Crippen LogP contribution in [-0.4, -0.2) is 0 Å². The molecule has 80 valence electrons. The van der Waals surface area contributed by atoms with Gasteiger partial charge in [0.15, 0.2) is 0 Å². The van der Waals surface area contributed by atoms with Crippen LogP contribution in [0.3, 0.4) is 0 Å². The van der Waals surface area contributed by atoms with E-state index < -0.39 is 0 Å². The van der Waals surface area contributed by atoms with Crippen LogP contribution in [0.25, 0.3) is 0 Å². The third-order valence-electron chi connectivity index (χ3n) is 0. The molecule has 0 N–H and O–H groups in total. The van der Waals surface area contributed by atoms with Gasteiger partial charge in [0.2, 0.25) is 0 Å². The van der Waals surface area contributed by atoms with E-state index in [1.165, 1.54) is 0 Å². The largest absolute Gasteiger partial charge is 5.00 e. The quantitative estimate of drug-likeness (QED) is 0.234. The van der Waals surface area contributed by atoms with Crippen molar-refractivity contribution >= 4 is 0 Å². The Hall–Kier alpha value is 4.38. The summed E-state index contributed by atoms with van der Waals surface area (Å²) in [5.74, 6) is 0. The third kappa shape index (κ3) is 134. The molecule has 0 atom stereocenters. The van der Waals surface area contributed by atoms with Gasteiger partial charge in [-0.15, -0.1) is 0 Å². The average Bonchev–Trinajstić information content (AvgIpc) is 0. The van der Waals surface area contributed by atoms with Gasteiger partial charge in [-0.1, -0.05) is 0 Å². The van der Waals surface area contributed by atoms with Crippen LogP contribution in [0.15, 0.2) is 0 Å². The van der Waals surface area contributed by atoms with Crippen molar-refractivity contribution in [3.63, 3.8) is 0 Å². The summed E-state index contributed by atoms with van der Waals surface area (Å²) in [4.78, 5) is 0. The van der Waals surface area contributed by atoms with Crippen molar-refractivity contribution in [2.75, 3.05) is 0 Å². The molecule has 0 spiro atoms. The maximum atomic E-state index is 0. The molecule has 0 heterocycles. The van der Waals surface area contributed by atoms with Crippen LogP contribution in [-0.2, 0) is 44.8 Å². The molecule has 0 saturated carbocycles. The third-order valence-corrected chi connectivity index (χ3v) is 0. The minimum atomic E-state index is 0.